The maximum atomic E-state index is 5.04. The third-order valence-corrected chi connectivity index (χ3v) is 0.802. The molecular formula is C4H11Cl2N5. The molecule has 0 saturated heterocycles. The molecule has 5 nitrogen and oxygen atoms in total. The SMILES string of the molecule is CC.NC(=NCl)NC(N)=NCl. The maximum absolute atomic E-state index is 5.04. The molecular weight excluding hydrogens is 189 g/mol. The van der Waals surface area contributed by atoms with Crippen molar-refractivity contribution in [3.05, 3.63) is 0 Å². The fourth-order valence-corrected chi connectivity index (χ4v) is 0.258. The number of nitrogens with two attached hydrogens (primary N) is 2. The number of guanidine groups is 2. The van der Waals surface area contributed by atoms with Crippen LogP contribution in [0.3, 0.4) is 0 Å². The molecule has 0 aromatic carbocycles. The van der Waals surface area contributed by atoms with Gasteiger partial charge >= 0.3 is 0 Å². The average Bonchev–Trinajstić information content (AvgIpc) is 2.07. The van der Waals surface area contributed by atoms with E-state index in [-0.39, 0.29) is 11.9 Å². The highest BCUT2D eigenvalue weighted by molar-refractivity contribution is 6.22. The number of hydrogen-bond donors (Lipinski definition) is 3. The van der Waals surface area contributed by atoms with Gasteiger partial charge in [-0.1, -0.05) is 13.8 Å². The first-order valence-electron chi connectivity index (χ1n) is 2.86. The minimum absolute atomic E-state index is 0.0569. The van der Waals surface area contributed by atoms with Crippen molar-refractivity contribution in [2.75, 3.05) is 0 Å². The first-order chi connectivity index (χ1) is 5.20. The summed E-state index contributed by atoms with van der Waals surface area (Å²) in [5, 5.41) is 2.27. The van der Waals surface area contributed by atoms with Crippen molar-refractivity contribution in [1.29, 1.82) is 0 Å². The summed E-state index contributed by atoms with van der Waals surface area (Å²) in [5.74, 6) is -0.114. The molecule has 0 spiro atoms. The molecule has 0 heterocycles. The third kappa shape index (κ3) is 9.32. The molecule has 0 aliphatic carbocycles. The van der Waals surface area contributed by atoms with Crippen molar-refractivity contribution < 1.29 is 0 Å². The molecule has 0 aliphatic rings. The molecule has 0 rings (SSSR count). The van der Waals surface area contributed by atoms with Crippen LogP contribution in [0.2, 0.25) is 0 Å². The Kier molecular flexibility index (Phi) is 11.0. The van der Waals surface area contributed by atoms with Gasteiger partial charge in [0.1, 0.15) is 0 Å². The smallest absolute Gasteiger partial charge is 0.213 e. The maximum Gasteiger partial charge on any atom is 0.213 e. The van der Waals surface area contributed by atoms with Gasteiger partial charge in [0.15, 0.2) is 0 Å². The topological polar surface area (TPSA) is 88.8 Å². The highest BCUT2D eigenvalue weighted by Gasteiger charge is 1.90. The molecule has 0 fully saturated rings. The average molecular weight is 200 g/mol. The van der Waals surface area contributed by atoms with E-state index in [4.69, 9.17) is 35.0 Å². The Labute approximate surface area is 75.7 Å². The molecule has 0 aromatic heterocycles. The lowest BCUT2D eigenvalue weighted by atomic mass is 10.9. The van der Waals surface area contributed by atoms with Crippen LogP contribution in [0, 0.1) is 0 Å². The Bertz CT molecular complexity index is 127. The first-order valence-corrected chi connectivity index (χ1v) is 3.54. The van der Waals surface area contributed by atoms with Crippen molar-refractivity contribution in [3.8, 4) is 0 Å². The van der Waals surface area contributed by atoms with Crippen LogP contribution in [-0.2, 0) is 0 Å². The van der Waals surface area contributed by atoms with Crippen LogP contribution in [0.25, 0.3) is 0 Å². The van der Waals surface area contributed by atoms with E-state index in [2.05, 4.69) is 14.3 Å². The van der Waals surface area contributed by atoms with Crippen LogP contribution < -0.4 is 16.8 Å². The molecule has 11 heavy (non-hydrogen) atoms. The van der Waals surface area contributed by atoms with Crippen LogP contribution in [0.4, 0.5) is 0 Å². The standard InChI is InChI=1S/C2H5Cl2N5.C2H6/c3-8-1(5)7-2(6)9-4;1-2/h(H5,5,6,7,8,9);1-2H3. The Balaban J connectivity index is 0. The van der Waals surface area contributed by atoms with Crippen molar-refractivity contribution >= 4 is 35.5 Å². The summed E-state index contributed by atoms with van der Waals surface area (Å²) in [7, 11) is 0. The van der Waals surface area contributed by atoms with E-state index in [1.54, 1.807) is 0 Å². The second-order valence-corrected chi connectivity index (χ2v) is 1.40. The summed E-state index contributed by atoms with van der Waals surface area (Å²) in [6.07, 6.45) is 0. The van der Waals surface area contributed by atoms with E-state index >= 15 is 0 Å². The Morgan fingerprint density at radius 3 is 1.55 bits per heavy atom. The van der Waals surface area contributed by atoms with E-state index in [9.17, 15) is 0 Å². The second-order valence-electron chi connectivity index (χ2n) is 1.06. The normalized spacial score (nSPS) is 11.6. The minimum atomic E-state index is -0.0569. The lowest BCUT2D eigenvalue weighted by molar-refractivity contribution is 1.27. The van der Waals surface area contributed by atoms with E-state index in [1.165, 1.54) is 0 Å². The van der Waals surface area contributed by atoms with Gasteiger partial charge in [0, 0.05) is 23.6 Å². The van der Waals surface area contributed by atoms with Crippen molar-refractivity contribution in [1.82, 2.24) is 5.32 Å². The molecule has 5 N–H and O–H groups in total. The highest BCUT2D eigenvalue weighted by Crippen LogP contribution is 1.74. The van der Waals surface area contributed by atoms with Gasteiger partial charge in [-0.15, -0.1) is 9.02 Å². The van der Waals surface area contributed by atoms with Gasteiger partial charge in [0.25, 0.3) is 0 Å². The monoisotopic (exact) mass is 199 g/mol. The molecule has 0 saturated carbocycles. The fourth-order valence-electron chi connectivity index (χ4n) is 0.173. The zero-order chi connectivity index (χ0) is 9.28. The molecule has 0 bridgehead atoms. The molecule has 0 radical (unpaired) electrons. The lowest BCUT2D eigenvalue weighted by Gasteiger charge is -1.97. The van der Waals surface area contributed by atoms with Crippen LogP contribution in [-0.4, -0.2) is 11.9 Å². The summed E-state index contributed by atoms with van der Waals surface area (Å²) in [6, 6.07) is 0. The summed E-state index contributed by atoms with van der Waals surface area (Å²) in [4.78, 5) is 0. The third-order valence-electron chi connectivity index (χ3n) is 0.438. The van der Waals surface area contributed by atoms with Gasteiger partial charge in [-0.2, -0.15) is 0 Å². The quantitative estimate of drug-likeness (QED) is 0.393. The number of halogens is 2. The van der Waals surface area contributed by atoms with Gasteiger partial charge in [0.2, 0.25) is 11.9 Å². The molecule has 66 valence electrons. The van der Waals surface area contributed by atoms with Crippen molar-refractivity contribution in [2.24, 2.45) is 20.5 Å². The van der Waals surface area contributed by atoms with Crippen LogP contribution in [0.5, 0.6) is 0 Å². The molecule has 0 atom stereocenters. The van der Waals surface area contributed by atoms with E-state index < -0.39 is 0 Å². The van der Waals surface area contributed by atoms with Gasteiger partial charge in [0.05, 0.1) is 0 Å². The molecule has 0 aromatic rings. The Morgan fingerprint density at radius 1 is 1.09 bits per heavy atom. The van der Waals surface area contributed by atoms with E-state index in [0.717, 1.165) is 0 Å². The lowest BCUT2D eigenvalue weighted by Crippen LogP contribution is -2.40. The zero-order valence-corrected chi connectivity index (χ0v) is 7.82. The molecule has 0 amide bonds. The zero-order valence-electron chi connectivity index (χ0n) is 6.31. The fraction of sp³-hybridized carbons (Fsp3) is 0.500. The highest BCUT2D eigenvalue weighted by atomic mass is 35.5. The first kappa shape index (κ1) is 12.9. The van der Waals surface area contributed by atoms with Crippen molar-refractivity contribution in [2.45, 2.75) is 13.8 Å². The van der Waals surface area contributed by atoms with Gasteiger partial charge in [-0.25, -0.2) is 0 Å². The predicted octanol–water partition coefficient (Wildman–Crippen LogP) is 0.539. The summed E-state index contributed by atoms with van der Waals surface area (Å²) < 4.78 is 6.02. The summed E-state index contributed by atoms with van der Waals surface area (Å²) in [6.45, 7) is 4.00. The predicted molar refractivity (Wildman–Crippen MR) is 49.4 cm³/mol. The van der Waals surface area contributed by atoms with Crippen LogP contribution >= 0.6 is 23.6 Å². The number of nitrogens with one attached hydrogen (secondary N) is 1. The summed E-state index contributed by atoms with van der Waals surface area (Å²) in [5.41, 5.74) is 10.1. The Hall–Kier alpha value is -0.680. The van der Waals surface area contributed by atoms with E-state index in [1.807, 2.05) is 13.8 Å². The van der Waals surface area contributed by atoms with Crippen LogP contribution in [0.15, 0.2) is 9.02 Å². The second kappa shape index (κ2) is 9.32. The Morgan fingerprint density at radius 2 is 1.36 bits per heavy atom. The largest absolute Gasteiger partial charge is 0.369 e. The van der Waals surface area contributed by atoms with Gasteiger partial charge in [-0.3, -0.25) is 5.32 Å². The van der Waals surface area contributed by atoms with Gasteiger partial charge < -0.3 is 11.5 Å². The van der Waals surface area contributed by atoms with Gasteiger partial charge in [-0.05, 0) is 0 Å². The molecule has 7 heteroatoms. The molecule has 0 unspecified atom stereocenters. The van der Waals surface area contributed by atoms with Crippen molar-refractivity contribution in [3.63, 3.8) is 0 Å². The van der Waals surface area contributed by atoms with Crippen LogP contribution in [0.1, 0.15) is 13.8 Å². The molecule has 0 aliphatic heterocycles. The minimum Gasteiger partial charge on any atom is -0.369 e. The number of nitrogens with zero attached hydrogens (tertiary/aromatic N) is 2. The number of rotatable bonds is 0. The summed E-state index contributed by atoms with van der Waals surface area (Å²) >= 11 is 9.80. The number of hydrogen-bond acceptors (Lipinski definition) is 2. The van der Waals surface area contributed by atoms with E-state index in [0.29, 0.717) is 0 Å².